The number of Topliss-reactive ketones (excluding diaryl/α,β-unsaturated/α-hetero) is 1. The zero-order valence-electron chi connectivity index (χ0n) is 24.4. The van der Waals surface area contributed by atoms with Crippen molar-refractivity contribution in [3.05, 3.63) is 53.1 Å². The van der Waals surface area contributed by atoms with E-state index in [0.717, 1.165) is 16.9 Å². The summed E-state index contributed by atoms with van der Waals surface area (Å²) in [5.41, 5.74) is -3.63. The molecule has 220 valence electrons. The average molecular weight is 560 g/mol. The molecule has 2 N–H and O–H groups in total. The third kappa shape index (κ3) is 3.82. The smallest absolute Gasteiger partial charge is 0.192 e. The number of hydroxylamine groups is 2. The highest BCUT2D eigenvalue weighted by molar-refractivity contribution is 5.90. The molecule has 1 aromatic rings. The Morgan fingerprint density at radius 3 is 2.62 bits per heavy atom. The van der Waals surface area contributed by atoms with Gasteiger partial charge in [0, 0.05) is 30.3 Å². The SMILES string of the molecule is COc1cc(CN(C)O[C@]2(C(=O)CO)[C@H](C)CC3[C@@H]4C[C@H](F)C5=CCC=C[C@]5(C)[C@@]4(F)C(O)C[C@@]32C)ccc1C. The van der Waals surface area contributed by atoms with Crippen LogP contribution in [0.3, 0.4) is 0 Å². The molecule has 4 aliphatic carbocycles. The molecule has 0 bridgehead atoms. The number of carbonyl (C=O) groups excluding carboxylic acids is 1. The number of aliphatic hydroxyl groups excluding tert-OH is 2. The Labute approximate surface area is 236 Å². The number of hydrogen-bond acceptors (Lipinski definition) is 6. The van der Waals surface area contributed by atoms with Gasteiger partial charge in [0.25, 0.3) is 0 Å². The Hall–Kier alpha value is -2.13. The van der Waals surface area contributed by atoms with Gasteiger partial charge in [0.2, 0.25) is 0 Å². The number of alkyl halides is 2. The van der Waals surface area contributed by atoms with E-state index in [1.807, 2.05) is 45.0 Å². The summed E-state index contributed by atoms with van der Waals surface area (Å²) in [7, 11) is 3.33. The van der Waals surface area contributed by atoms with Crippen molar-refractivity contribution in [3.8, 4) is 5.75 Å². The number of aryl methyl sites for hydroxylation is 1. The first kappa shape index (κ1) is 29.4. The fourth-order valence-electron chi connectivity index (χ4n) is 9.13. The summed E-state index contributed by atoms with van der Waals surface area (Å²) in [6.07, 6.45) is 3.42. The number of halogens is 2. The Kier molecular flexibility index (Phi) is 7.34. The summed E-state index contributed by atoms with van der Waals surface area (Å²) in [6, 6.07) is 5.81. The maximum absolute atomic E-state index is 17.5. The lowest BCUT2D eigenvalue weighted by atomic mass is 9.44. The molecule has 2 unspecified atom stereocenters. The summed E-state index contributed by atoms with van der Waals surface area (Å²) in [5.74, 6) is -1.44. The zero-order valence-corrected chi connectivity index (χ0v) is 24.4. The molecular formula is C32H43F2NO5. The van der Waals surface area contributed by atoms with Crippen molar-refractivity contribution in [2.24, 2.45) is 28.6 Å². The molecule has 3 fully saturated rings. The topological polar surface area (TPSA) is 79.2 Å². The number of allylic oxidation sites excluding steroid dienone is 4. The number of methoxy groups -OCH3 is 1. The van der Waals surface area contributed by atoms with E-state index in [4.69, 9.17) is 9.57 Å². The van der Waals surface area contributed by atoms with Crippen LogP contribution in [0.5, 0.6) is 5.75 Å². The third-order valence-electron chi connectivity index (χ3n) is 11.0. The van der Waals surface area contributed by atoms with Gasteiger partial charge in [-0.2, -0.15) is 5.06 Å². The van der Waals surface area contributed by atoms with Gasteiger partial charge in [-0.1, -0.05) is 44.2 Å². The number of nitrogens with zero attached hydrogens (tertiary/aromatic N) is 1. The molecule has 8 heteroatoms. The standard InChI is InChI=1S/C32H43F2NO5/c1-19-10-11-21(14-26(19)39-6)17-35(5)40-32(28(38)18-36)20(2)13-23-24-15-25(33)22-9-7-8-12-29(22,3)31(24,34)27(37)16-30(23,32)4/h8-12,14,20,23-25,27,36-37H,7,13,15-18H2,1-6H3/t20-,23?,24+,25+,27?,29+,30+,31+,32+/m1/s1. The summed E-state index contributed by atoms with van der Waals surface area (Å²) < 4.78 is 38.7. The van der Waals surface area contributed by atoms with Crippen LogP contribution >= 0.6 is 0 Å². The molecule has 0 heterocycles. The van der Waals surface area contributed by atoms with Crippen molar-refractivity contribution in [2.45, 2.75) is 83.5 Å². The van der Waals surface area contributed by atoms with Gasteiger partial charge >= 0.3 is 0 Å². The molecule has 9 atom stereocenters. The van der Waals surface area contributed by atoms with Gasteiger partial charge in [0.1, 0.15) is 18.5 Å². The Morgan fingerprint density at radius 1 is 1.23 bits per heavy atom. The maximum atomic E-state index is 17.5. The summed E-state index contributed by atoms with van der Waals surface area (Å²) in [5, 5.41) is 23.4. The van der Waals surface area contributed by atoms with Crippen molar-refractivity contribution in [3.63, 3.8) is 0 Å². The number of aliphatic hydroxyl groups is 2. The maximum Gasteiger partial charge on any atom is 0.192 e. The van der Waals surface area contributed by atoms with Crippen LogP contribution in [0.4, 0.5) is 8.78 Å². The molecule has 0 spiro atoms. The Bertz CT molecular complexity index is 1240. The molecule has 6 nitrogen and oxygen atoms in total. The van der Waals surface area contributed by atoms with Crippen LogP contribution in [0.1, 0.15) is 57.6 Å². The summed E-state index contributed by atoms with van der Waals surface area (Å²) in [4.78, 5) is 20.3. The first-order chi connectivity index (χ1) is 18.8. The molecular weight excluding hydrogens is 516 g/mol. The summed E-state index contributed by atoms with van der Waals surface area (Å²) in [6.45, 7) is 6.97. The number of carbonyl (C=O) groups is 1. The van der Waals surface area contributed by atoms with Crippen molar-refractivity contribution in [1.82, 2.24) is 5.06 Å². The predicted octanol–water partition coefficient (Wildman–Crippen LogP) is 5.05. The van der Waals surface area contributed by atoms with E-state index in [-0.39, 0.29) is 12.8 Å². The first-order valence-electron chi connectivity index (χ1n) is 14.4. The highest BCUT2D eigenvalue weighted by atomic mass is 19.1. The van der Waals surface area contributed by atoms with Crippen molar-refractivity contribution in [2.75, 3.05) is 20.8 Å². The van der Waals surface area contributed by atoms with Gasteiger partial charge in [-0.05, 0) is 74.1 Å². The third-order valence-corrected chi connectivity index (χ3v) is 11.0. The largest absolute Gasteiger partial charge is 0.496 e. The van der Waals surface area contributed by atoms with Crippen LogP contribution in [0.15, 0.2) is 42.0 Å². The second-order valence-corrected chi connectivity index (χ2v) is 13.0. The minimum Gasteiger partial charge on any atom is -0.496 e. The van der Waals surface area contributed by atoms with E-state index in [9.17, 15) is 15.0 Å². The monoisotopic (exact) mass is 559 g/mol. The first-order valence-corrected chi connectivity index (χ1v) is 14.4. The van der Waals surface area contributed by atoms with Crippen LogP contribution in [0, 0.1) is 35.5 Å². The fraction of sp³-hybridized carbons (Fsp3) is 0.656. The number of ketones is 1. The van der Waals surface area contributed by atoms with E-state index >= 15 is 8.78 Å². The molecule has 40 heavy (non-hydrogen) atoms. The fourth-order valence-corrected chi connectivity index (χ4v) is 9.13. The lowest BCUT2D eigenvalue weighted by molar-refractivity contribution is -0.295. The highest BCUT2D eigenvalue weighted by Crippen LogP contribution is 2.71. The van der Waals surface area contributed by atoms with E-state index in [1.165, 1.54) is 0 Å². The number of fused-ring (bicyclic) bond motifs is 5. The number of rotatable bonds is 7. The minimum absolute atomic E-state index is 0.0411. The average Bonchev–Trinajstić information content (AvgIpc) is 3.13. The van der Waals surface area contributed by atoms with Gasteiger partial charge in [-0.15, -0.1) is 0 Å². The van der Waals surface area contributed by atoms with Gasteiger partial charge in [0.05, 0.1) is 13.2 Å². The molecule has 0 aliphatic heterocycles. The van der Waals surface area contributed by atoms with Crippen molar-refractivity contribution >= 4 is 5.78 Å². The number of benzene rings is 1. The van der Waals surface area contributed by atoms with E-state index in [1.54, 1.807) is 38.3 Å². The van der Waals surface area contributed by atoms with Gasteiger partial charge in [-0.25, -0.2) is 8.78 Å². The second kappa shape index (κ2) is 10.0. The van der Waals surface area contributed by atoms with E-state index < -0.39 is 64.5 Å². The van der Waals surface area contributed by atoms with Crippen LogP contribution in [-0.2, 0) is 16.2 Å². The second-order valence-electron chi connectivity index (χ2n) is 13.0. The number of ether oxygens (including phenoxy) is 1. The van der Waals surface area contributed by atoms with Gasteiger partial charge in [-0.3, -0.25) is 9.63 Å². The van der Waals surface area contributed by atoms with E-state index in [2.05, 4.69) is 0 Å². The molecule has 1 aromatic carbocycles. The Balaban J connectivity index is 1.54. The summed E-state index contributed by atoms with van der Waals surface area (Å²) >= 11 is 0. The lowest BCUT2D eigenvalue weighted by Gasteiger charge is -2.63. The van der Waals surface area contributed by atoms with Crippen molar-refractivity contribution in [1.29, 1.82) is 0 Å². The van der Waals surface area contributed by atoms with Gasteiger partial charge < -0.3 is 14.9 Å². The van der Waals surface area contributed by atoms with E-state index in [0.29, 0.717) is 25.0 Å². The van der Waals surface area contributed by atoms with Crippen LogP contribution < -0.4 is 4.74 Å². The molecule has 0 radical (unpaired) electrons. The normalized spacial score (nSPS) is 42.2. The minimum atomic E-state index is -2.09. The number of hydrogen-bond donors (Lipinski definition) is 2. The van der Waals surface area contributed by atoms with Crippen LogP contribution in [0.2, 0.25) is 0 Å². The predicted molar refractivity (Wildman–Crippen MR) is 148 cm³/mol. The molecule has 3 saturated carbocycles. The quantitative estimate of drug-likeness (QED) is 0.360. The molecule has 0 saturated heterocycles. The molecule has 5 rings (SSSR count). The highest BCUT2D eigenvalue weighted by Gasteiger charge is 2.77. The van der Waals surface area contributed by atoms with Crippen LogP contribution in [-0.4, -0.2) is 65.4 Å². The molecule has 0 amide bonds. The van der Waals surface area contributed by atoms with Gasteiger partial charge in [0.15, 0.2) is 17.1 Å². The lowest BCUT2D eigenvalue weighted by Crippen LogP contribution is -2.71. The molecule has 4 aliphatic rings. The van der Waals surface area contributed by atoms with Crippen LogP contribution in [0.25, 0.3) is 0 Å². The Morgan fingerprint density at radius 2 is 1.95 bits per heavy atom. The molecule has 0 aromatic heterocycles. The van der Waals surface area contributed by atoms with Crippen molar-refractivity contribution < 1.29 is 33.4 Å². The zero-order chi connectivity index (χ0) is 29.3.